The molecule has 1 aromatic carbocycles. The molecule has 1 aliphatic heterocycles. The molecule has 0 radical (unpaired) electrons. The minimum atomic E-state index is -0.0141. The zero-order valence-corrected chi connectivity index (χ0v) is 14.0. The average Bonchev–Trinajstić information content (AvgIpc) is 3.31. The van der Waals surface area contributed by atoms with E-state index < -0.39 is 0 Å². The zero-order valence-electron chi connectivity index (χ0n) is 14.0. The lowest BCUT2D eigenvalue weighted by atomic mass is 10.1. The van der Waals surface area contributed by atoms with Gasteiger partial charge in [0, 0.05) is 25.7 Å². The number of benzene rings is 1. The Morgan fingerprint density at radius 1 is 1.29 bits per heavy atom. The van der Waals surface area contributed by atoms with E-state index in [0.717, 1.165) is 37.9 Å². The van der Waals surface area contributed by atoms with Gasteiger partial charge >= 0.3 is 6.03 Å². The number of nitriles is 1. The Labute approximate surface area is 143 Å². The van der Waals surface area contributed by atoms with Gasteiger partial charge in [-0.2, -0.15) is 5.26 Å². The lowest BCUT2D eigenvalue weighted by molar-refractivity contribution is 0.0699. The van der Waals surface area contributed by atoms with E-state index in [4.69, 9.17) is 10.00 Å². The van der Waals surface area contributed by atoms with E-state index in [-0.39, 0.29) is 12.1 Å². The molecule has 1 unspecified atom stereocenters. The second-order valence-corrected chi connectivity index (χ2v) is 6.70. The first-order valence-corrected chi connectivity index (χ1v) is 8.91. The topological polar surface area (TPSA) is 65.4 Å². The van der Waals surface area contributed by atoms with Crippen LogP contribution >= 0.6 is 0 Å². The summed E-state index contributed by atoms with van der Waals surface area (Å²) >= 11 is 0. The van der Waals surface area contributed by atoms with Crippen LogP contribution in [0.3, 0.4) is 0 Å². The highest BCUT2D eigenvalue weighted by molar-refractivity contribution is 5.74. The van der Waals surface area contributed by atoms with Crippen LogP contribution in [0.15, 0.2) is 24.3 Å². The summed E-state index contributed by atoms with van der Waals surface area (Å²) in [6.45, 7) is 1.95. The smallest absolute Gasteiger partial charge is 0.318 e. The highest BCUT2D eigenvalue weighted by atomic mass is 16.5. The highest BCUT2D eigenvalue weighted by Gasteiger charge is 2.30. The first-order valence-electron chi connectivity index (χ1n) is 8.91. The van der Waals surface area contributed by atoms with E-state index in [1.54, 1.807) is 6.07 Å². The fourth-order valence-corrected chi connectivity index (χ4v) is 3.65. The molecule has 0 bridgehead atoms. The van der Waals surface area contributed by atoms with Crippen LogP contribution in [0.25, 0.3) is 0 Å². The molecule has 1 atom stereocenters. The normalized spacial score (nSPS) is 20.7. The number of rotatable bonds is 5. The Balaban J connectivity index is 1.60. The molecule has 1 saturated carbocycles. The van der Waals surface area contributed by atoms with Gasteiger partial charge < -0.3 is 15.0 Å². The fraction of sp³-hybridized carbons (Fsp3) is 0.579. The summed E-state index contributed by atoms with van der Waals surface area (Å²) in [5.41, 5.74) is 1.57. The Morgan fingerprint density at radius 3 is 2.83 bits per heavy atom. The summed E-state index contributed by atoms with van der Waals surface area (Å²) in [6, 6.07) is 9.82. The van der Waals surface area contributed by atoms with Gasteiger partial charge in [-0.15, -0.1) is 0 Å². The fourth-order valence-electron chi connectivity index (χ4n) is 3.65. The van der Waals surface area contributed by atoms with Gasteiger partial charge in [0.25, 0.3) is 0 Å². The highest BCUT2D eigenvalue weighted by Crippen LogP contribution is 2.25. The third-order valence-electron chi connectivity index (χ3n) is 4.95. The van der Waals surface area contributed by atoms with Crippen molar-refractivity contribution in [3.05, 3.63) is 35.4 Å². The van der Waals surface area contributed by atoms with Crippen molar-refractivity contribution in [3.63, 3.8) is 0 Å². The van der Waals surface area contributed by atoms with Gasteiger partial charge in [0.1, 0.15) is 0 Å². The Hall–Kier alpha value is -2.06. The molecule has 3 rings (SSSR count). The van der Waals surface area contributed by atoms with Crippen molar-refractivity contribution in [2.24, 2.45) is 0 Å². The van der Waals surface area contributed by atoms with Crippen molar-refractivity contribution < 1.29 is 9.53 Å². The second-order valence-electron chi connectivity index (χ2n) is 6.70. The van der Waals surface area contributed by atoms with Crippen molar-refractivity contribution in [2.75, 3.05) is 13.2 Å². The van der Waals surface area contributed by atoms with Crippen LogP contribution in [0, 0.1) is 11.3 Å². The maximum absolute atomic E-state index is 12.7. The van der Waals surface area contributed by atoms with Crippen LogP contribution in [0.2, 0.25) is 0 Å². The van der Waals surface area contributed by atoms with Gasteiger partial charge in [-0.25, -0.2) is 4.79 Å². The third-order valence-corrected chi connectivity index (χ3v) is 4.95. The summed E-state index contributed by atoms with van der Waals surface area (Å²) < 4.78 is 5.73. The van der Waals surface area contributed by atoms with E-state index in [0.29, 0.717) is 24.7 Å². The minimum Gasteiger partial charge on any atom is -0.376 e. The maximum Gasteiger partial charge on any atom is 0.318 e. The van der Waals surface area contributed by atoms with Gasteiger partial charge in [0.2, 0.25) is 0 Å². The third kappa shape index (κ3) is 4.27. The molecule has 2 amide bonds. The van der Waals surface area contributed by atoms with Gasteiger partial charge in [-0.3, -0.25) is 0 Å². The number of hydrogen-bond acceptors (Lipinski definition) is 3. The van der Waals surface area contributed by atoms with E-state index >= 15 is 0 Å². The van der Waals surface area contributed by atoms with Crippen LogP contribution in [-0.2, 0) is 11.3 Å². The van der Waals surface area contributed by atoms with Crippen LogP contribution in [0.5, 0.6) is 0 Å². The summed E-state index contributed by atoms with van der Waals surface area (Å²) in [7, 11) is 0. The number of carbonyl (C=O) groups excluding carboxylic acids is 1. The minimum absolute atomic E-state index is 0.0141. The predicted molar refractivity (Wildman–Crippen MR) is 91.3 cm³/mol. The van der Waals surface area contributed by atoms with Gasteiger partial charge in [0.15, 0.2) is 0 Å². The molecule has 1 N–H and O–H groups in total. The van der Waals surface area contributed by atoms with Crippen LogP contribution in [0.4, 0.5) is 4.79 Å². The lowest BCUT2D eigenvalue weighted by Gasteiger charge is -2.31. The molecular weight excluding hydrogens is 302 g/mol. The number of amides is 2. The van der Waals surface area contributed by atoms with Crippen LogP contribution in [0.1, 0.15) is 49.7 Å². The van der Waals surface area contributed by atoms with E-state index in [1.807, 2.05) is 23.1 Å². The Kier molecular flexibility index (Phi) is 5.71. The van der Waals surface area contributed by atoms with Crippen molar-refractivity contribution in [1.82, 2.24) is 10.2 Å². The van der Waals surface area contributed by atoms with E-state index in [1.165, 1.54) is 12.8 Å². The molecule has 24 heavy (non-hydrogen) atoms. The molecule has 1 saturated heterocycles. The predicted octanol–water partition coefficient (Wildman–Crippen LogP) is 3.19. The largest absolute Gasteiger partial charge is 0.376 e. The molecule has 0 spiro atoms. The molecule has 2 fully saturated rings. The monoisotopic (exact) mass is 327 g/mol. The molecule has 1 aromatic rings. The number of nitrogens with one attached hydrogen (secondary N) is 1. The van der Waals surface area contributed by atoms with Gasteiger partial charge in [-0.05, 0) is 43.4 Å². The Bertz CT molecular complexity index is 599. The quantitative estimate of drug-likeness (QED) is 0.903. The first-order chi connectivity index (χ1) is 11.8. The number of carbonyl (C=O) groups is 1. The van der Waals surface area contributed by atoms with Crippen molar-refractivity contribution in [3.8, 4) is 6.07 Å². The molecule has 2 aliphatic rings. The molecule has 5 heteroatoms. The Morgan fingerprint density at radius 2 is 2.12 bits per heavy atom. The summed E-state index contributed by atoms with van der Waals surface area (Å²) in [6.07, 6.45) is 6.88. The number of ether oxygens (including phenoxy) is 1. The van der Waals surface area contributed by atoms with Crippen LogP contribution < -0.4 is 5.32 Å². The standard InChI is InChI=1S/C19H25N3O2/c20-12-15-5-3-6-16(11-15)13-21-19(23)22(17-7-1-2-8-17)14-18-9-4-10-24-18/h3,5-6,11,17-18H,1-2,4,7-10,13-14H2,(H,21,23). The molecule has 128 valence electrons. The molecule has 5 nitrogen and oxygen atoms in total. The lowest BCUT2D eigenvalue weighted by Crippen LogP contribution is -2.48. The molecular formula is C19H25N3O2. The van der Waals surface area contributed by atoms with Gasteiger partial charge in [0.05, 0.1) is 17.7 Å². The summed E-state index contributed by atoms with van der Waals surface area (Å²) in [5.74, 6) is 0. The first kappa shape index (κ1) is 16.8. The number of nitrogens with zero attached hydrogens (tertiary/aromatic N) is 2. The average molecular weight is 327 g/mol. The van der Waals surface area contributed by atoms with Gasteiger partial charge in [-0.1, -0.05) is 25.0 Å². The van der Waals surface area contributed by atoms with E-state index in [2.05, 4.69) is 11.4 Å². The van der Waals surface area contributed by atoms with Crippen molar-refractivity contribution in [1.29, 1.82) is 5.26 Å². The summed E-state index contributed by atoms with van der Waals surface area (Å²) in [4.78, 5) is 14.7. The van der Waals surface area contributed by atoms with E-state index in [9.17, 15) is 4.79 Å². The molecule has 1 heterocycles. The second kappa shape index (κ2) is 8.16. The van der Waals surface area contributed by atoms with Crippen molar-refractivity contribution in [2.45, 2.75) is 57.2 Å². The van der Waals surface area contributed by atoms with Crippen LogP contribution in [-0.4, -0.2) is 36.2 Å². The number of hydrogen-bond donors (Lipinski definition) is 1. The summed E-state index contributed by atoms with van der Waals surface area (Å²) in [5, 5.41) is 12.0. The SMILES string of the molecule is N#Cc1cccc(CNC(=O)N(CC2CCCO2)C2CCCC2)c1. The zero-order chi connectivity index (χ0) is 16.8. The number of urea groups is 1. The van der Waals surface area contributed by atoms with Crippen molar-refractivity contribution >= 4 is 6.03 Å². The molecule has 0 aromatic heterocycles. The molecule has 1 aliphatic carbocycles. The maximum atomic E-state index is 12.7.